The number of carbonyl (C=O) groups is 1. The summed E-state index contributed by atoms with van der Waals surface area (Å²) in [6.45, 7) is 7.54. The largest absolute Gasteiger partial charge is 0.409 e. The monoisotopic (exact) mass is 341 g/mol. The van der Waals surface area contributed by atoms with Gasteiger partial charge in [0.2, 0.25) is 5.91 Å². The number of nitrogens with one attached hydrogen (secondary N) is 1. The van der Waals surface area contributed by atoms with Crippen molar-refractivity contribution in [1.82, 2.24) is 0 Å². The molecule has 0 spiro atoms. The molecular formula is C14H20BrN3O2. The van der Waals surface area contributed by atoms with Gasteiger partial charge in [-0.25, -0.2) is 0 Å². The SMILES string of the molecule is Cc1cc(Br)cc(C)c1NC(=O)C(C(N)=NO)C(C)C. The highest BCUT2D eigenvalue weighted by Crippen LogP contribution is 2.26. The van der Waals surface area contributed by atoms with Gasteiger partial charge in [0.15, 0.2) is 5.84 Å². The number of nitrogens with zero attached hydrogens (tertiary/aromatic N) is 1. The summed E-state index contributed by atoms with van der Waals surface area (Å²) in [5.74, 6) is -1.09. The number of hydrogen-bond donors (Lipinski definition) is 3. The number of aryl methyl sites for hydroxylation is 2. The van der Waals surface area contributed by atoms with Crippen molar-refractivity contribution in [2.24, 2.45) is 22.7 Å². The molecule has 0 saturated heterocycles. The topological polar surface area (TPSA) is 87.7 Å². The summed E-state index contributed by atoms with van der Waals surface area (Å²) in [6.07, 6.45) is 0. The average molecular weight is 342 g/mol. The number of carbonyl (C=O) groups excluding carboxylic acids is 1. The molecule has 0 fully saturated rings. The van der Waals surface area contributed by atoms with Gasteiger partial charge in [-0.2, -0.15) is 0 Å². The van der Waals surface area contributed by atoms with E-state index in [0.717, 1.165) is 21.3 Å². The molecule has 1 amide bonds. The highest BCUT2D eigenvalue weighted by atomic mass is 79.9. The van der Waals surface area contributed by atoms with Crippen LogP contribution in [-0.2, 0) is 4.79 Å². The van der Waals surface area contributed by atoms with Crippen molar-refractivity contribution >= 4 is 33.4 Å². The first-order valence-corrected chi connectivity index (χ1v) is 7.12. The molecule has 1 aromatic rings. The van der Waals surface area contributed by atoms with Gasteiger partial charge in [-0.05, 0) is 43.0 Å². The van der Waals surface area contributed by atoms with E-state index in [0.29, 0.717) is 0 Å². The summed E-state index contributed by atoms with van der Waals surface area (Å²) < 4.78 is 0.961. The van der Waals surface area contributed by atoms with Gasteiger partial charge in [-0.1, -0.05) is 34.9 Å². The van der Waals surface area contributed by atoms with Gasteiger partial charge in [0.05, 0.1) is 0 Å². The van der Waals surface area contributed by atoms with Gasteiger partial charge in [-0.15, -0.1) is 0 Å². The Bertz CT molecular complexity index is 518. The number of amidine groups is 1. The minimum atomic E-state index is -0.664. The second kappa shape index (κ2) is 6.74. The number of anilines is 1. The summed E-state index contributed by atoms with van der Waals surface area (Å²) >= 11 is 3.42. The second-order valence-electron chi connectivity index (χ2n) is 5.15. The van der Waals surface area contributed by atoms with E-state index < -0.39 is 5.92 Å². The smallest absolute Gasteiger partial charge is 0.235 e. The molecular weight excluding hydrogens is 322 g/mol. The van der Waals surface area contributed by atoms with Crippen LogP contribution in [0, 0.1) is 25.7 Å². The molecule has 110 valence electrons. The maximum absolute atomic E-state index is 12.3. The summed E-state index contributed by atoms with van der Waals surface area (Å²) in [4.78, 5) is 12.3. The molecule has 0 saturated carbocycles. The van der Waals surface area contributed by atoms with Gasteiger partial charge in [0.1, 0.15) is 5.92 Å². The van der Waals surface area contributed by atoms with E-state index in [1.165, 1.54) is 0 Å². The van der Waals surface area contributed by atoms with Crippen molar-refractivity contribution in [1.29, 1.82) is 0 Å². The molecule has 0 aliphatic heterocycles. The Morgan fingerprint density at radius 1 is 1.35 bits per heavy atom. The van der Waals surface area contributed by atoms with Gasteiger partial charge < -0.3 is 16.3 Å². The van der Waals surface area contributed by atoms with E-state index in [2.05, 4.69) is 26.4 Å². The van der Waals surface area contributed by atoms with Crippen molar-refractivity contribution in [3.63, 3.8) is 0 Å². The summed E-state index contributed by atoms with van der Waals surface area (Å²) in [7, 11) is 0. The van der Waals surface area contributed by atoms with Gasteiger partial charge in [-0.3, -0.25) is 4.79 Å². The lowest BCUT2D eigenvalue weighted by Gasteiger charge is -2.20. The first-order valence-electron chi connectivity index (χ1n) is 6.33. The Labute approximate surface area is 127 Å². The Hall–Kier alpha value is -1.56. The molecule has 0 aliphatic rings. The quantitative estimate of drug-likeness (QED) is 0.340. The molecule has 6 heteroatoms. The van der Waals surface area contributed by atoms with Crippen molar-refractivity contribution in [2.75, 3.05) is 5.32 Å². The van der Waals surface area contributed by atoms with Crippen LogP contribution in [0.25, 0.3) is 0 Å². The van der Waals surface area contributed by atoms with Crippen LogP contribution in [0.5, 0.6) is 0 Å². The molecule has 1 rings (SSSR count). The number of nitrogens with two attached hydrogens (primary N) is 1. The number of rotatable bonds is 4. The molecule has 5 nitrogen and oxygen atoms in total. The van der Waals surface area contributed by atoms with Crippen LogP contribution in [0.3, 0.4) is 0 Å². The minimum Gasteiger partial charge on any atom is -0.409 e. The lowest BCUT2D eigenvalue weighted by molar-refractivity contribution is -0.119. The number of amides is 1. The lowest BCUT2D eigenvalue weighted by Crippen LogP contribution is -2.38. The average Bonchev–Trinajstić information content (AvgIpc) is 2.33. The zero-order valence-electron chi connectivity index (χ0n) is 12.1. The molecule has 0 aliphatic carbocycles. The maximum Gasteiger partial charge on any atom is 0.235 e. The van der Waals surface area contributed by atoms with Crippen LogP contribution >= 0.6 is 15.9 Å². The van der Waals surface area contributed by atoms with E-state index in [9.17, 15) is 4.79 Å². The third-order valence-electron chi connectivity index (χ3n) is 3.13. The van der Waals surface area contributed by atoms with Crippen LogP contribution in [0.1, 0.15) is 25.0 Å². The molecule has 0 aromatic heterocycles. The van der Waals surface area contributed by atoms with E-state index in [4.69, 9.17) is 10.9 Å². The standard InChI is InChI=1S/C14H20BrN3O2/c1-7(2)11(13(16)18-20)14(19)17-12-8(3)5-10(15)6-9(12)4/h5-7,11,20H,1-4H3,(H2,16,18)(H,17,19). The summed E-state index contributed by atoms with van der Waals surface area (Å²) in [6, 6.07) is 3.85. The predicted molar refractivity (Wildman–Crippen MR) is 84.0 cm³/mol. The third kappa shape index (κ3) is 3.72. The first kappa shape index (κ1) is 16.5. The Balaban J connectivity index is 3.06. The fraction of sp³-hybridized carbons (Fsp3) is 0.429. The molecule has 1 unspecified atom stereocenters. The van der Waals surface area contributed by atoms with E-state index >= 15 is 0 Å². The summed E-state index contributed by atoms with van der Waals surface area (Å²) in [5.41, 5.74) is 8.27. The minimum absolute atomic E-state index is 0.0676. The Morgan fingerprint density at radius 3 is 2.25 bits per heavy atom. The second-order valence-corrected chi connectivity index (χ2v) is 6.07. The van der Waals surface area contributed by atoms with E-state index in [1.54, 1.807) is 0 Å². The van der Waals surface area contributed by atoms with Crippen molar-refractivity contribution in [3.05, 3.63) is 27.7 Å². The number of halogens is 1. The van der Waals surface area contributed by atoms with Crippen LogP contribution in [0.4, 0.5) is 5.69 Å². The maximum atomic E-state index is 12.3. The lowest BCUT2D eigenvalue weighted by atomic mass is 9.93. The molecule has 1 atom stereocenters. The van der Waals surface area contributed by atoms with Crippen LogP contribution in [-0.4, -0.2) is 17.0 Å². The highest BCUT2D eigenvalue weighted by Gasteiger charge is 2.27. The number of benzene rings is 1. The first-order chi connectivity index (χ1) is 9.27. The van der Waals surface area contributed by atoms with Crippen LogP contribution in [0.2, 0.25) is 0 Å². The molecule has 4 N–H and O–H groups in total. The molecule has 1 aromatic carbocycles. The van der Waals surface area contributed by atoms with Crippen LogP contribution < -0.4 is 11.1 Å². The third-order valence-corrected chi connectivity index (χ3v) is 3.59. The van der Waals surface area contributed by atoms with Crippen molar-refractivity contribution < 1.29 is 10.0 Å². The van der Waals surface area contributed by atoms with Gasteiger partial charge in [0.25, 0.3) is 0 Å². The molecule has 20 heavy (non-hydrogen) atoms. The van der Waals surface area contributed by atoms with Crippen LogP contribution in [0.15, 0.2) is 21.8 Å². The van der Waals surface area contributed by atoms with Crippen molar-refractivity contribution in [3.8, 4) is 0 Å². The molecule has 0 heterocycles. The van der Waals surface area contributed by atoms with E-state index in [-0.39, 0.29) is 17.7 Å². The zero-order valence-corrected chi connectivity index (χ0v) is 13.7. The Kier molecular flexibility index (Phi) is 5.56. The molecule has 0 bridgehead atoms. The predicted octanol–water partition coefficient (Wildman–Crippen LogP) is 3.02. The van der Waals surface area contributed by atoms with Crippen molar-refractivity contribution in [2.45, 2.75) is 27.7 Å². The zero-order chi connectivity index (χ0) is 15.4. The normalized spacial score (nSPS) is 13.4. The van der Waals surface area contributed by atoms with Gasteiger partial charge >= 0.3 is 0 Å². The fourth-order valence-corrected chi connectivity index (χ4v) is 2.84. The van der Waals surface area contributed by atoms with Gasteiger partial charge in [0, 0.05) is 10.2 Å². The summed E-state index contributed by atoms with van der Waals surface area (Å²) in [5, 5.41) is 14.6. The number of oxime groups is 1. The molecule has 0 radical (unpaired) electrons. The Morgan fingerprint density at radius 2 is 1.85 bits per heavy atom. The van der Waals surface area contributed by atoms with E-state index in [1.807, 2.05) is 39.8 Å². The fourth-order valence-electron chi connectivity index (χ4n) is 2.15. The highest BCUT2D eigenvalue weighted by molar-refractivity contribution is 9.10. The number of hydrogen-bond acceptors (Lipinski definition) is 3.